The third-order valence-electron chi connectivity index (χ3n) is 2.03. The summed E-state index contributed by atoms with van der Waals surface area (Å²) < 4.78 is 31.8. The molecule has 0 aliphatic heterocycles. The number of nitrogens with one attached hydrogen (secondary N) is 1. The highest BCUT2D eigenvalue weighted by Crippen LogP contribution is 1.96. The number of nitrogens with zero attached hydrogens (tertiary/aromatic N) is 1. The molecule has 0 amide bonds. The van der Waals surface area contributed by atoms with Crippen LogP contribution >= 0.6 is 0 Å². The number of hydrogen-bond donors (Lipinski definition) is 2. The van der Waals surface area contributed by atoms with E-state index in [9.17, 15) is 13.2 Å². The smallest absolute Gasteiger partial charge is 0.304 e. The minimum absolute atomic E-state index is 0.0580. The molecular formula is C10H22N2O5S. The van der Waals surface area contributed by atoms with Crippen molar-refractivity contribution in [3.63, 3.8) is 0 Å². The second-order valence-corrected chi connectivity index (χ2v) is 6.20. The highest BCUT2D eigenvalue weighted by Gasteiger charge is 2.17. The van der Waals surface area contributed by atoms with Gasteiger partial charge in [0.05, 0.1) is 13.0 Å². The Morgan fingerprint density at radius 1 is 1.44 bits per heavy atom. The van der Waals surface area contributed by atoms with Gasteiger partial charge in [0.25, 0.3) is 10.2 Å². The van der Waals surface area contributed by atoms with E-state index in [-0.39, 0.29) is 19.5 Å². The molecule has 0 heterocycles. The van der Waals surface area contributed by atoms with Crippen molar-refractivity contribution in [2.24, 2.45) is 5.92 Å². The Labute approximate surface area is 108 Å². The van der Waals surface area contributed by atoms with Crippen molar-refractivity contribution in [3.05, 3.63) is 0 Å². The fraction of sp³-hybridized carbons (Fsp3) is 0.900. The summed E-state index contributed by atoms with van der Waals surface area (Å²) in [6.07, 6.45) is -0.221. The maximum atomic E-state index is 11.6. The average molecular weight is 282 g/mol. The summed E-state index contributed by atoms with van der Waals surface area (Å²) in [5.41, 5.74) is 0. The molecule has 0 aromatic rings. The number of aliphatic carboxylic acids is 1. The van der Waals surface area contributed by atoms with Gasteiger partial charge < -0.3 is 9.84 Å². The molecular weight excluding hydrogens is 260 g/mol. The Bertz CT molecular complexity index is 342. The number of carbonyl (C=O) groups is 1. The zero-order valence-corrected chi connectivity index (χ0v) is 11.9. The summed E-state index contributed by atoms with van der Waals surface area (Å²) in [5, 5.41) is 8.46. The molecule has 0 radical (unpaired) electrons. The predicted octanol–water partition coefficient (Wildman–Crippen LogP) is -0.100. The Morgan fingerprint density at radius 3 is 2.56 bits per heavy atom. The summed E-state index contributed by atoms with van der Waals surface area (Å²) >= 11 is 0. The summed E-state index contributed by atoms with van der Waals surface area (Å²) in [7, 11) is -2.28. The highest BCUT2D eigenvalue weighted by molar-refractivity contribution is 7.87. The molecule has 0 bridgehead atoms. The summed E-state index contributed by atoms with van der Waals surface area (Å²) in [5.74, 6) is -0.628. The van der Waals surface area contributed by atoms with Gasteiger partial charge in [-0.1, -0.05) is 13.8 Å². The minimum atomic E-state index is -3.62. The molecule has 0 fully saturated rings. The van der Waals surface area contributed by atoms with Crippen LogP contribution < -0.4 is 4.72 Å². The van der Waals surface area contributed by atoms with Gasteiger partial charge in [0, 0.05) is 26.7 Å². The monoisotopic (exact) mass is 282 g/mol. The Hall–Kier alpha value is -0.700. The number of hydrogen-bond acceptors (Lipinski definition) is 4. The maximum absolute atomic E-state index is 11.6. The molecule has 0 aromatic carbocycles. The maximum Gasteiger partial charge on any atom is 0.304 e. The molecule has 0 aliphatic rings. The van der Waals surface area contributed by atoms with Crippen LogP contribution in [-0.4, -0.2) is 57.1 Å². The minimum Gasteiger partial charge on any atom is -0.481 e. The molecule has 2 N–H and O–H groups in total. The Morgan fingerprint density at radius 2 is 2.06 bits per heavy atom. The van der Waals surface area contributed by atoms with Crippen LogP contribution in [0, 0.1) is 5.92 Å². The van der Waals surface area contributed by atoms with Gasteiger partial charge in [-0.3, -0.25) is 4.79 Å². The first-order chi connectivity index (χ1) is 8.25. The number of carboxylic acids is 1. The van der Waals surface area contributed by atoms with E-state index in [4.69, 9.17) is 9.84 Å². The van der Waals surface area contributed by atoms with Crippen molar-refractivity contribution in [1.29, 1.82) is 0 Å². The second-order valence-electron chi connectivity index (χ2n) is 4.33. The quantitative estimate of drug-likeness (QED) is 0.545. The van der Waals surface area contributed by atoms with Crippen LogP contribution in [0.2, 0.25) is 0 Å². The van der Waals surface area contributed by atoms with E-state index in [1.807, 2.05) is 13.8 Å². The van der Waals surface area contributed by atoms with E-state index in [0.717, 1.165) is 4.31 Å². The van der Waals surface area contributed by atoms with Gasteiger partial charge in [-0.05, 0) is 5.92 Å². The standard InChI is InChI=1S/C10H22N2O5S/c1-9(2)8-17-7-5-11-18(15,16)12(3)6-4-10(13)14/h9,11H,4-8H2,1-3H3,(H,13,14). The highest BCUT2D eigenvalue weighted by atomic mass is 32.2. The first-order valence-corrected chi connectivity index (χ1v) is 7.20. The van der Waals surface area contributed by atoms with Crippen LogP contribution in [0.15, 0.2) is 0 Å². The van der Waals surface area contributed by atoms with Gasteiger partial charge in [0.2, 0.25) is 0 Å². The van der Waals surface area contributed by atoms with Crippen molar-refractivity contribution in [2.45, 2.75) is 20.3 Å². The van der Waals surface area contributed by atoms with Crippen LogP contribution in [0.4, 0.5) is 0 Å². The molecule has 0 aliphatic carbocycles. The van der Waals surface area contributed by atoms with Crippen LogP contribution in [0.1, 0.15) is 20.3 Å². The molecule has 0 rings (SSSR count). The lowest BCUT2D eigenvalue weighted by Gasteiger charge is -2.16. The molecule has 0 aromatic heterocycles. The van der Waals surface area contributed by atoms with E-state index in [1.165, 1.54) is 7.05 Å². The molecule has 0 saturated carbocycles. The van der Waals surface area contributed by atoms with Crippen molar-refractivity contribution >= 4 is 16.2 Å². The third kappa shape index (κ3) is 8.40. The van der Waals surface area contributed by atoms with E-state index < -0.39 is 16.2 Å². The van der Waals surface area contributed by atoms with Crippen molar-refractivity contribution in [1.82, 2.24) is 9.03 Å². The topological polar surface area (TPSA) is 95.9 Å². The molecule has 0 spiro atoms. The lowest BCUT2D eigenvalue weighted by Crippen LogP contribution is -2.40. The van der Waals surface area contributed by atoms with E-state index in [0.29, 0.717) is 19.1 Å². The number of rotatable bonds is 10. The van der Waals surface area contributed by atoms with Crippen molar-refractivity contribution < 1.29 is 23.1 Å². The average Bonchev–Trinajstić information content (AvgIpc) is 2.24. The van der Waals surface area contributed by atoms with Crippen molar-refractivity contribution in [3.8, 4) is 0 Å². The van der Waals surface area contributed by atoms with E-state index >= 15 is 0 Å². The number of ether oxygens (including phenoxy) is 1. The molecule has 7 nitrogen and oxygen atoms in total. The molecule has 8 heteroatoms. The van der Waals surface area contributed by atoms with Gasteiger partial charge in [0.15, 0.2) is 0 Å². The molecule has 0 saturated heterocycles. The second kappa shape index (κ2) is 8.41. The summed E-state index contributed by atoms with van der Waals surface area (Å²) in [6.45, 7) is 5.00. The van der Waals surface area contributed by atoms with Gasteiger partial charge in [-0.2, -0.15) is 17.4 Å². The number of carboxylic acid groups (broad SMARTS) is 1. The molecule has 18 heavy (non-hydrogen) atoms. The van der Waals surface area contributed by atoms with Crippen LogP contribution in [-0.2, 0) is 19.7 Å². The zero-order valence-electron chi connectivity index (χ0n) is 11.0. The normalized spacial score (nSPS) is 12.3. The van der Waals surface area contributed by atoms with Crippen LogP contribution in [0.25, 0.3) is 0 Å². The van der Waals surface area contributed by atoms with Crippen molar-refractivity contribution in [2.75, 3.05) is 33.4 Å². The lowest BCUT2D eigenvalue weighted by molar-refractivity contribution is -0.137. The largest absolute Gasteiger partial charge is 0.481 e. The zero-order chi connectivity index (χ0) is 14.2. The predicted molar refractivity (Wildman–Crippen MR) is 67.5 cm³/mol. The summed E-state index contributed by atoms with van der Waals surface area (Å²) in [6, 6.07) is 0. The summed E-state index contributed by atoms with van der Waals surface area (Å²) in [4.78, 5) is 10.3. The third-order valence-corrected chi connectivity index (χ3v) is 3.61. The molecule has 0 atom stereocenters. The Kier molecular flexibility index (Phi) is 8.08. The lowest BCUT2D eigenvalue weighted by atomic mass is 10.2. The van der Waals surface area contributed by atoms with E-state index in [2.05, 4.69) is 4.72 Å². The van der Waals surface area contributed by atoms with Gasteiger partial charge in [-0.15, -0.1) is 0 Å². The van der Waals surface area contributed by atoms with Gasteiger partial charge in [-0.25, -0.2) is 0 Å². The fourth-order valence-electron chi connectivity index (χ4n) is 1.05. The van der Waals surface area contributed by atoms with Gasteiger partial charge >= 0.3 is 5.97 Å². The van der Waals surface area contributed by atoms with Gasteiger partial charge in [0.1, 0.15) is 0 Å². The Balaban J connectivity index is 3.88. The van der Waals surface area contributed by atoms with Crippen LogP contribution in [0.5, 0.6) is 0 Å². The first-order valence-electron chi connectivity index (χ1n) is 5.76. The molecule has 0 unspecified atom stereocenters. The molecule has 108 valence electrons. The fourth-order valence-corrected chi connectivity index (χ4v) is 1.94. The van der Waals surface area contributed by atoms with E-state index in [1.54, 1.807) is 0 Å². The first kappa shape index (κ1) is 17.3. The van der Waals surface area contributed by atoms with Crippen LogP contribution in [0.3, 0.4) is 0 Å². The SMILES string of the molecule is CC(C)COCCNS(=O)(=O)N(C)CCC(=O)O.